The van der Waals surface area contributed by atoms with Crippen LogP contribution in [-0.2, 0) is 0 Å². The SMILES string of the molecule is N#CC(=Cc1ccc(N2CCCC2)cc1)c1ccccc1. The monoisotopic (exact) mass is 274 g/mol. The van der Waals surface area contributed by atoms with Gasteiger partial charge in [0, 0.05) is 18.8 Å². The zero-order valence-corrected chi connectivity index (χ0v) is 12.0. The molecule has 2 nitrogen and oxygen atoms in total. The van der Waals surface area contributed by atoms with E-state index < -0.39 is 0 Å². The molecule has 1 fully saturated rings. The molecule has 0 bridgehead atoms. The van der Waals surface area contributed by atoms with Crippen LogP contribution in [0.4, 0.5) is 5.69 Å². The van der Waals surface area contributed by atoms with Crippen molar-refractivity contribution in [1.82, 2.24) is 0 Å². The van der Waals surface area contributed by atoms with E-state index in [1.165, 1.54) is 18.5 Å². The van der Waals surface area contributed by atoms with Crippen molar-refractivity contribution in [3.8, 4) is 6.07 Å². The summed E-state index contributed by atoms with van der Waals surface area (Å²) in [6.07, 6.45) is 4.52. The van der Waals surface area contributed by atoms with Crippen molar-refractivity contribution in [1.29, 1.82) is 5.26 Å². The average molecular weight is 274 g/mol. The van der Waals surface area contributed by atoms with Gasteiger partial charge in [0.15, 0.2) is 0 Å². The third kappa shape index (κ3) is 3.14. The van der Waals surface area contributed by atoms with Gasteiger partial charge >= 0.3 is 0 Å². The minimum atomic E-state index is 0.699. The second kappa shape index (κ2) is 6.28. The highest BCUT2D eigenvalue weighted by atomic mass is 15.1. The number of nitrogens with zero attached hydrogens (tertiary/aromatic N) is 2. The summed E-state index contributed by atoms with van der Waals surface area (Å²) in [6, 6.07) is 20.6. The van der Waals surface area contributed by atoms with Crippen LogP contribution in [0.1, 0.15) is 24.0 Å². The van der Waals surface area contributed by atoms with Gasteiger partial charge in [-0.3, -0.25) is 0 Å². The first-order chi connectivity index (χ1) is 10.4. The molecular weight excluding hydrogens is 256 g/mol. The van der Waals surface area contributed by atoms with Gasteiger partial charge in [0.1, 0.15) is 0 Å². The molecule has 0 aromatic heterocycles. The van der Waals surface area contributed by atoms with Gasteiger partial charge in [0.25, 0.3) is 0 Å². The Kier molecular flexibility index (Phi) is 4.02. The van der Waals surface area contributed by atoms with Crippen molar-refractivity contribution in [3.63, 3.8) is 0 Å². The lowest BCUT2D eigenvalue weighted by Crippen LogP contribution is -2.17. The molecule has 3 rings (SSSR count). The number of anilines is 1. The van der Waals surface area contributed by atoms with Crippen LogP contribution in [0.15, 0.2) is 54.6 Å². The Bertz CT molecular complexity index is 657. The summed E-state index contributed by atoms with van der Waals surface area (Å²) in [5.74, 6) is 0. The van der Waals surface area contributed by atoms with Gasteiger partial charge in [-0.1, -0.05) is 42.5 Å². The standard InChI is InChI=1S/C19H18N2/c20-15-18(17-6-2-1-3-7-17)14-16-8-10-19(11-9-16)21-12-4-5-13-21/h1-3,6-11,14H,4-5,12-13H2. The summed E-state index contributed by atoms with van der Waals surface area (Å²) in [4.78, 5) is 2.41. The Morgan fingerprint density at radius 1 is 0.952 bits per heavy atom. The number of benzene rings is 2. The van der Waals surface area contributed by atoms with E-state index in [1.54, 1.807) is 0 Å². The molecule has 2 heteroatoms. The Hall–Kier alpha value is -2.53. The fourth-order valence-corrected chi connectivity index (χ4v) is 2.72. The predicted molar refractivity (Wildman–Crippen MR) is 87.8 cm³/mol. The van der Waals surface area contributed by atoms with Gasteiger partial charge in [-0.05, 0) is 42.2 Å². The average Bonchev–Trinajstić information content (AvgIpc) is 3.08. The maximum absolute atomic E-state index is 9.34. The first-order valence-corrected chi connectivity index (χ1v) is 7.39. The van der Waals surface area contributed by atoms with Gasteiger partial charge in [-0.2, -0.15) is 5.26 Å². The van der Waals surface area contributed by atoms with Crippen molar-refractivity contribution in [2.24, 2.45) is 0 Å². The molecule has 2 aromatic carbocycles. The molecule has 0 radical (unpaired) electrons. The highest BCUT2D eigenvalue weighted by Gasteiger charge is 2.11. The molecule has 1 heterocycles. The third-order valence-electron chi connectivity index (χ3n) is 3.88. The van der Waals surface area contributed by atoms with Crippen LogP contribution < -0.4 is 4.90 Å². The number of hydrogen-bond acceptors (Lipinski definition) is 2. The zero-order chi connectivity index (χ0) is 14.5. The predicted octanol–water partition coefficient (Wildman–Crippen LogP) is 4.35. The summed E-state index contributed by atoms with van der Waals surface area (Å²) < 4.78 is 0. The molecule has 0 amide bonds. The molecule has 0 N–H and O–H groups in total. The quantitative estimate of drug-likeness (QED) is 0.614. The first-order valence-electron chi connectivity index (χ1n) is 7.39. The Labute approximate surface area is 126 Å². The van der Waals surface area contributed by atoms with Crippen molar-refractivity contribution < 1.29 is 0 Å². The van der Waals surface area contributed by atoms with Crippen LogP contribution in [0.25, 0.3) is 11.6 Å². The minimum absolute atomic E-state index is 0.699. The Balaban J connectivity index is 1.83. The van der Waals surface area contributed by atoms with E-state index in [0.29, 0.717) is 5.57 Å². The van der Waals surface area contributed by atoms with E-state index in [-0.39, 0.29) is 0 Å². The smallest absolute Gasteiger partial charge is 0.0998 e. The van der Waals surface area contributed by atoms with E-state index in [1.807, 2.05) is 36.4 Å². The van der Waals surface area contributed by atoms with Gasteiger partial charge in [-0.15, -0.1) is 0 Å². The van der Waals surface area contributed by atoms with E-state index in [0.717, 1.165) is 24.2 Å². The molecule has 0 aliphatic carbocycles. The van der Waals surface area contributed by atoms with Gasteiger partial charge in [0.2, 0.25) is 0 Å². The van der Waals surface area contributed by atoms with Crippen molar-refractivity contribution in [2.75, 3.05) is 18.0 Å². The topological polar surface area (TPSA) is 27.0 Å². The molecule has 1 saturated heterocycles. The fraction of sp³-hybridized carbons (Fsp3) is 0.211. The van der Waals surface area contributed by atoms with Crippen molar-refractivity contribution in [2.45, 2.75) is 12.8 Å². The van der Waals surface area contributed by atoms with Crippen LogP contribution >= 0.6 is 0 Å². The molecule has 2 aromatic rings. The van der Waals surface area contributed by atoms with E-state index >= 15 is 0 Å². The van der Waals surface area contributed by atoms with E-state index in [4.69, 9.17) is 0 Å². The summed E-state index contributed by atoms with van der Waals surface area (Å²) in [5, 5.41) is 9.34. The maximum atomic E-state index is 9.34. The van der Waals surface area contributed by atoms with Gasteiger partial charge < -0.3 is 4.90 Å². The molecule has 0 saturated carbocycles. The number of allylic oxidation sites excluding steroid dienone is 1. The van der Waals surface area contributed by atoms with Crippen LogP contribution in [-0.4, -0.2) is 13.1 Å². The molecule has 0 unspecified atom stereocenters. The molecule has 0 atom stereocenters. The molecule has 1 aliphatic heterocycles. The fourth-order valence-electron chi connectivity index (χ4n) is 2.72. The maximum Gasteiger partial charge on any atom is 0.0998 e. The molecule has 0 spiro atoms. The third-order valence-corrected chi connectivity index (χ3v) is 3.88. The lowest BCUT2D eigenvalue weighted by Gasteiger charge is -2.17. The van der Waals surface area contributed by atoms with Crippen LogP contribution in [0.2, 0.25) is 0 Å². The van der Waals surface area contributed by atoms with Crippen LogP contribution in [0.5, 0.6) is 0 Å². The normalized spacial score (nSPS) is 15.0. The Morgan fingerprint density at radius 2 is 1.62 bits per heavy atom. The Morgan fingerprint density at radius 3 is 2.24 bits per heavy atom. The second-order valence-electron chi connectivity index (χ2n) is 5.32. The second-order valence-corrected chi connectivity index (χ2v) is 5.32. The minimum Gasteiger partial charge on any atom is -0.372 e. The van der Waals surface area contributed by atoms with Crippen LogP contribution in [0.3, 0.4) is 0 Å². The molecular formula is C19H18N2. The largest absolute Gasteiger partial charge is 0.372 e. The number of nitriles is 1. The lowest BCUT2D eigenvalue weighted by molar-refractivity contribution is 0.949. The zero-order valence-electron chi connectivity index (χ0n) is 12.0. The lowest BCUT2D eigenvalue weighted by atomic mass is 10.0. The van der Waals surface area contributed by atoms with E-state index in [2.05, 4.69) is 35.2 Å². The molecule has 1 aliphatic rings. The number of rotatable bonds is 3. The van der Waals surface area contributed by atoms with Gasteiger partial charge in [0.05, 0.1) is 11.6 Å². The summed E-state index contributed by atoms with van der Waals surface area (Å²) in [5.41, 5.74) is 4.01. The molecule has 104 valence electrons. The van der Waals surface area contributed by atoms with Crippen molar-refractivity contribution in [3.05, 3.63) is 65.7 Å². The molecule has 21 heavy (non-hydrogen) atoms. The summed E-state index contributed by atoms with van der Waals surface area (Å²) >= 11 is 0. The number of hydrogen-bond donors (Lipinski definition) is 0. The van der Waals surface area contributed by atoms with Crippen molar-refractivity contribution >= 4 is 17.3 Å². The first kappa shape index (κ1) is 13.5. The highest BCUT2D eigenvalue weighted by Crippen LogP contribution is 2.22. The summed E-state index contributed by atoms with van der Waals surface area (Å²) in [7, 11) is 0. The van der Waals surface area contributed by atoms with Crippen LogP contribution in [0, 0.1) is 11.3 Å². The van der Waals surface area contributed by atoms with E-state index in [9.17, 15) is 5.26 Å². The summed E-state index contributed by atoms with van der Waals surface area (Å²) in [6.45, 7) is 2.31. The van der Waals surface area contributed by atoms with Gasteiger partial charge in [-0.25, -0.2) is 0 Å². The highest BCUT2D eigenvalue weighted by molar-refractivity contribution is 5.89.